The second-order valence-electron chi connectivity index (χ2n) is 13.4. The number of hydrogen-bond donors (Lipinski definition) is 0. The molecule has 1 heterocycles. The number of carbonyl (C=O) groups excluding carboxylic acids is 6. The first-order valence-corrected chi connectivity index (χ1v) is 18.0. The number of esters is 6. The summed E-state index contributed by atoms with van der Waals surface area (Å²) in [7, 11) is 2.88. The average molecular weight is 733 g/mol. The lowest BCUT2D eigenvalue weighted by Crippen LogP contribution is -2.30. The molecule has 13 nitrogen and oxygen atoms in total. The Bertz CT molecular complexity index is 1430. The van der Waals surface area contributed by atoms with Gasteiger partial charge < -0.3 is 33.2 Å². The molecule has 0 aliphatic carbocycles. The van der Waals surface area contributed by atoms with E-state index in [9.17, 15) is 28.8 Å². The molecule has 13 heteroatoms. The SMILES string of the molecule is COC(=O)CC/C(C)=C/Cc1c(OC)c(C)c2c(c1OC(=O)C(C)CCCCCCCC(C)CC(=O)OC(COC(C)=O)COC(C)=O)C(=O)OC2. The summed E-state index contributed by atoms with van der Waals surface area (Å²) >= 11 is 0. The van der Waals surface area contributed by atoms with Gasteiger partial charge in [0.1, 0.15) is 31.1 Å². The largest absolute Gasteiger partial charge is 0.496 e. The monoisotopic (exact) mass is 732 g/mol. The van der Waals surface area contributed by atoms with Crippen LogP contribution in [0.5, 0.6) is 11.5 Å². The molecule has 2 unspecified atom stereocenters. The molecule has 290 valence electrons. The van der Waals surface area contributed by atoms with Crippen LogP contribution in [0.1, 0.15) is 126 Å². The number of ether oxygens (including phenoxy) is 7. The van der Waals surface area contributed by atoms with E-state index in [1.54, 1.807) is 0 Å². The number of hydrogen-bond acceptors (Lipinski definition) is 13. The van der Waals surface area contributed by atoms with Gasteiger partial charge in [0.25, 0.3) is 0 Å². The van der Waals surface area contributed by atoms with Crippen molar-refractivity contribution in [2.75, 3.05) is 27.4 Å². The Balaban J connectivity index is 1.88. The molecule has 0 amide bonds. The molecule has 2 rings (SSSR count). The third-order valence-corrected chi connectivity index (χ3v) is 8.93. The van der Waals surface area contributed by atoms with Crippen molar-refractivity contribution in [3.05, 3.63) is 33.9 Å². The number of unbranched alkanes of at least 4 members (excludes halogenated alkanes) is 4. The Kier molecular flexibility index (Phi) is 18.9. The highest BCUT2D eigenvalue weighted by molar-refractivity contribution is 5.99. The molecule has 0 N–H and O–H groups in total. The number of carbonyl (C=O) groups is 6. The number of benzene rings is 1. The van der Waals surface area contributed by atoms with Crippen LogP contribution < -0.4 is 9.47 Å². The highest BCUT2D eigenvalue weighted by Gasteiger charge is 2.34. The van der Waals surface area contributed by atoms with Crippen LogP contribution in [0.25, 0.3) is 0 Å². The van der Waals surface area contributed by atoms with E-state index in [4.69, 9.17) is 33.2 Å². The fourth-order valence-corrected chi connectivity index (χ4v) is 5.85. The molecule has 0 radical (unpaired) electrons. The van der Waals surface area contributed by atoms with E-state index in [0.717, 1.165) is 49.7 Å². The quantitative estimate of drug-likeness (QED) is 0.0396. The Hall–Kier alpha value is -4.42. The van der Waals surface area contributed by atoms with E-state index in [1.165, 1.54) is 28.1 Å². The van der Waals surface area contributed by atoms with Crippen LogP contribution in [0, 0.1) is 18.8 Å². The van der Waals surface area contributed by atoms with E-state index >= 15 is 0 Å². The molecule has 1 aromatic carbocycles. The highest BCUT2D eigenvalue weighted by atomic mass is 16.6. The van der Waals surface area contributed by atoms with Crippen molar-refractivity contribution in [3.8, 4) is 11.5 Å². The van der Waals surface area contributed by atoms with Crippen molar-refractivity contribution >= 4 is 35.8 Å². The summed E-state index contributed by atoms with van der Waals surface area (Å²) < 4.78 is 37.0. The molecule has 0 saturated carbocycles. The number of rotatable bonds is 23. The topological polar surface area (TPSA) is 167 Å². The minimum atomic E-state index is -0.858. The van der Waals surface area contributed by atoms with E-state index < -0.39 is 41.9 Å². The van der Waals surface area contributed by atoms with Crippen molar-refractivity contribution in [2.24, 2.45) is 11.8 Å². The first kappa shape index (κ1) is 43.7. The Morgan fingerprint density at radius 1 is 0.827 bits per heavy atom. The highest BCUT2D eigenvalue weighted by Crippen LogP contribution is 2.43. The normalized spacial score (nSPS) is 13.5. The predicted octanol–water partition coefficient (Wildman–Crippen LogP) is 6.45. The second-order valence-corrected chi connectivity index (χ2v) is 13.4. The summed E-state index contributed by atoms with van der Waals surface area (Å²) in [5.74, 6) is -2.43. The number of fused-ring (bicyclic) bond motifs is 1. The van der Waals surface area contributed by atoms with E-state index in [2.05, 4.69) is 0 Å². The van der Waals surface area contributed by atoms with Crippen molar-refractivity contribution in [2.45, 2.75) is 125 Å². The molecule has 2 atom stereocenters. The maximum atomic E-state index is 13.4. The van der Waals surface area contributed by atoms with Gasteiger partial charge >= 0.3 is 35.8 Å². The van der Waals surface area contributed by atoms with Gasteiger partial charge in [0.05, 0.1) is 20.1 Å². The summed E-state index contributed by atoms with van der Waals surface area (Å²) in [6.45, 7) is 9.72. The number of cyclic esters (lactones) is 1. The van der Waals surface area contributed by atoms with Gasteiger partial charge in [0.15, 0.2) is 11.9 Å². The van der Waals surface area contributed by atoms with Gasteiger partial charge in [-0.1, -0.05) is 64.0 Å². The van der Waals surface area contributed by atoms with Crippen LogP contribution >= 0.6 is 0 Å². The summed E-state index contributed by atoms with van der Waals surface area (Å²) in [5.41, 5.74) is 3.15. The second kappa shape index (κ2) is 22.5. The fourth-order valence-electron chi connectivity index (χ4n) is 5.85. The molecule has 0 fully saturated rings. The smallest absolute Gasteiger partial charge is 0.342 e. The van der Waals surface area contributed by atoms with Gasteiger partial charge in [-0.05, 0) is 44.6 Å². The van der Waals surface area contributed by atoms with Gasteiger partial charge in [0, 0.05) is 37.8 Å². The van der Waals surface area contributed by atoms with Crippen LogP contribution in [0.15, 0.2) is 11.6 Å². The molecule has 1 aromatic rings. The molecule has 52 heavy (non-hydrogen) atoms. The third-order valence-electron chi connectivity index (χ3n) is 8.93. The van der Waals surface area contributed by atoms with Gasteiger partial charge in [-0.2, -0.15) is 0 Å². The fraction of sp³-hybridized carbons (Fsp3) is 0.641. The molecule has 0 aromatic heterocycles. The zero-order valence-corrected chi connectivity index (χ0v) is 32.0. The summed E-state index contributed by atoms with van der Waals surface area (Å²) in [6.07, 6.45) is 8.35. The van der Waals surface area contributed by atoms with E-state index in [0.29, 0.717) is 36.1 Å². The summed E-state index contributed by atoms with van der Waals surface area (Å²) in [6, 6.07) is 0. The van der Waals surface area contributed by atoms with Gasteiger partial charge in [-0.3, -0.25) is 24.0 Å². The van der Waals surface area contributed by atoms with Crippen LogP contribution in [0.2, 0.25) is 0 Å². The zero-order chi connectivity index (χ0) is 38.8. The van der Waals surface area contributed by atoms with E-state index in [-0.39, 0.29) is 55.9 Å². The van der Waals surface area contributed by atoms with Crippen LogP contribution in [0.4, 0.5) is 0 Å². The lowest BCUT2D eigenvalue weighted by Gasteiger charge is -2.20. The van der Waals surface area contributed by atoms with Crippen molar-refractivity contribution < 1.29 is 61.9 Å². The van der Waals surface area contributed by atoms with Crippen LogP contribution in [-0.2, 0) is 60.7 Å². The van der Waals surface area contributed by atoms with Crippen molar-refractivity contribution in [3.63, 3.8) is 0 Å². The summed E-state index contributed by atoms with van der Waals surface area (Å²) in [4.78, 5) is 72.5. The van der Waals surface area contributed by atoms with E-state index in [1.807, 2.05) is 33.8 Å². The standard InChI is InChI=1S/C39H56O13/c1-24(17-19-33(42)46-7)16-18-31-36(47-8)27(4)32-23-50-39(45)35(32)37(31)52-38(44)26(3)15-13-11-9-10-12-14-25(2)20-34(43)51-30(21-48-28(5)40)22-49-29(6)41/h16,25-26,30H,9-15,17-23H2,1-8H3/b24-16+. The maximum Gasteiger partial charge on any atom is 0.342 e. The zero-order valence-electron chi connectivity index (χ0n) is 32.0. The van der Waals surface area contributed by atoms with Crippen molar-refractivity contribution in [1.29, 1.82) is 0 Å². The third kappa shape index (κ3) is 14.7. The molecule has 0 bridgehead atoms. The first-order valence-electron chi connectivity index (χ1n) is 18.0. The minimum Gasteiger partial charge on any atom is -0.496 e. The summed E-state index contributed by atoms with van der Waals surface area (Å²) in [5, 5.41) is 0. The first-order chi connectivity index (χ1) is 24.7. The van der Waals surface area contributed by atoms with Gasteiger partial charge in [0.2, 0.25) is 0 Å². The van der Waals surface area contributed by atoms with Crippen molar-refractivity contribution in [1.82, 2.24) is 0 Å². The average Bonchev–Trinajstić information content (AvgIpc) is 3.49. The Labute approximate surface area is 307 Å². The van der Waals surface area contributed by atoms with Gasteiger partial charge in [-0.25, -0.2) is 4.79 Å². The molecular weight excluding hydrogens is 676 g/mol. The lowest BCUT2D eigenvalue weighted by atomic mass is 9.94. The Morgan fingerprint density at radius 2 is 1.44 bits per heavy atom. The Morgan fingerprint density at radius 3 is 2.04 bits per heavy atom. The molecule has 1 aliphatic heterocycles. The molecule has 1 aliphatic rings. The maximum absolute atomic E-state index is 13.4. The molecule has 0 saturated heterocycles. The molecule has 0 spiro atoms. The minimum absolute atomic E-state index is 0.0728. The molecular formula is C39H56O13. The van der Waals surface area contributed by atoms with Crippen LogP contribution in [-0.4, -0.2) is 69.4 Å². The van der Waals surface area contributed by atoms with Gasteiger partial charge in [-0.15, -0.1) is 0 Å². The number of allylic oxidation sites excluding steroid dienone is 2. The predicted molar refractivity (Wildman–Crippen MR) is 190 cm³/mol. The van der Waals surface area contributed by atoms with Crippen LogP contribution in [0.3, 0.4) is 0 Å². The lowest BCUT2D eigenvalue weighted by molar-refractivity contribution is -0.166. The number of methoxy groups -OCH3 is 2.